The molecule has 10 heteroatoms. The predicted octanol–water partition coefficient (Wildman–Crippen LogP) is 2.26. The minimum absolute atomic E-state index is 0.0671. The van der Waals surface area contributed by atoms with Gasteiger partial charge in [0.15, 0.2) is 5.78 Å². The normalized spacial score (nSPS) is 15.8. The smallest absolute Gasteiger partial charge is 0.237 e. The van der Waals surface area contributed by atoms with E-state index in [1.807, 2.05) is 37.3 Å². The molecule has 0 spiro atoms. The van der Waals surface area contributed by atoms with E-state index in [1.165, 1.54) is 11.8 Å². The van der Waals surface area contributed by atoms with Gasteiger partial charge in [0.05, 0.1) is 28.4 Å². The number of rotatable bonds is 5. The number of carbonyl (C=O) groups is 2. The highest BCUT2D eigenvalue weighted by Gasteiger charge is 2.27. The molecule has 3 aromatic rings. The first-order chi connectivity index (χ1) is 14.0. The van der Waals surface area contributed by atoms with E-state index < -0.39 is 0 Å². The Bertz CT molecular complexity index is 1070. The Balaban J connectivity index is 1.44. The van der Waals surface area contributed by atoms with Crippen molar-refractivity contribution in [2.45, 2.75) is 31.8 Å². The molecule has 9 nitrogen and oxygen atoms in total. The van der Waals surface area contributed by atoms with Crippen LogP contribution in [-0.2, 0) is 11.2 Å². The molecule has 1 atom stereocenters. The average molecular weight is 409 g/mol. The summed E-state index contributed by atoms with van der Waals surface area (Å²) in [6.07, 6.45) is 1.21. The number of amides is 1. The van der Waals surface area contributed by atoms with Gasteiger partial charge in [-0.3, -0.25) is 14.9 Å². The van der Waals surface area contributed by atoms with Gasteiger partial charge in [0.1, 0.15) is 0 Å². The third kappa shape index (κ3) is 4.16. The molecule has 0 saturated carbocycles. The fraction of sp³-hybridized carbons (Fsp3) is 0.316. The Morgan fingerprint density at radius 3 is 2.83 bits per heavy atom. The van der Waals surface area contributed by atoms with Crippen LogP contribution in [0.1, 0.15) is 35.1 Å². The molecule has 1 unspecified atom stereocenters. The molecule has 1 aliphatic carbocycles. The van der Waals surface area contributed by atoms with E-state index >= 15 is 0 Å². The molecule has 1 aromatic carbocycles. The minimum atomic E-state index is -0.271. The van der Waals surface area contributed by atoms with Crippen LogP contribution in [-0.4, -0.2) is 47.6 Å². The molecule has 1 aliphatic rings. The van der Waals surface area contributed by atoms with Crippen LogP contribution in [0.4, 0.5) is 5.95 Å². The maximum atomic E-state index is 12.4. The fourth-order valence-corrected chi connectivity index (χ4v) is 4.00. The second-order valence-electron chi connectivity index (χ2n) is 6.94. The van der Waals surface area contributed by atoms with Crippen molar-refractivity contribution < 1.29 is 9.59 Å². The van der Waals surface area contributed by atoms with Crippen LogP contribution in [0.15, 0.2) is 35.5 Å². The number of para-hydroxylation sites is 1. The number of fused-ring (bicyclic) bond motifs is 1. The fourth-order valence-electron chi connectivity index (χ4n) is 3.31. The number of hydrogen-bond acceptors (Lipinski definition) is 8. The van der Waals surface area contributed by atoms with Crippen LogP contribution in [0.2, 0.25) is 0 Å². The van der Waals surface area contributed by atoms with Crippen molar-refractivity contribution in [3.05, 3.63) is 47.3 Å². The van der Waals surface area contributed by atoms with Crippen LogP contribution >= 0.6 is 11.8 Å². The van der Waals surface area contributed by atoms with Crippen molar-refractivity contribution in [1.29, 1.82) is 0 Å². The maximum Gasteiger partial charge on any atom is 0.237 e. The van der Waals surface area contributed by atoms with Gasteiger partial charge in [-0.2, -0.15) is 4.68 Å². The number of anilines is 1. The zero-order valence-corrected chi connectivity index (χ0v) is 16.8. The Morgan fingerprint density at radius 2 is 2.03 bits per heavy atom. The summed E-state index contributed by atoms with van der Waals surface area (Å²) >= 11 is 1.21. The van der Waals surface area contributed by atoms with E-state index in [-0.39, 0.29) is 29.3 Å². The van der Waals surface area contributed by atoms with E-state index in [0.29, 0.717) is 34.9 Å². The summed E-state index contributed by atoms with van der Waals surface area (Å²) in [5.41, 5.74) is 2.71. The molecule has 4 rings (SSSR count). The maximum absolute atomic E-state index is 12.4. The van der Waals surface area contributed by atoms with Crippen LogP contribution in [0.3, 0.4) is 0 Å². The number of ketones is 1. The Kier molecular flexibility index (Phi) is 5.34. The van der Waals surface area contributed by atoms with Crippen molar-refractivity contribution in [3.63, 3.8) is 0 Å². The molecule has 0 aliphatic heterocycles. The average Bonchev–Trinajstić information content (AvgIpc) is 3.15. The second-order valence-corrected chi connectivity index (χ2v) is 7.88. The van der Waals surface area contributed by atoms with Crippen molar-refractivity contribution in [1.82, 2.24) is 30.2 Å². The van der Waals surface area contributed by atoms with Crippen LogP contribution in [0.25, 0.3) is 5.69 Å². The van der Waals surface area contributed by atoms with Crippen molar-refractivity contribution in [2.75, 3.05) is 11.1 Å². The lowest BCUT2D eigenvalue weighted by atomic mass is 9.86. The third-order valence-corrected chi connectivity index (χ3v) is 5.46. The van der Waals surface area contributed by atoms with E-state index in [2.05, 4.69) is 30.8 Å². The molecule has 0 radical (unpaired) electrons. The number of Topliss-reactive ketones (excluding diaryl/α,β-unsaturated/α-hetero) is 1. The molecule has 0 bridgehead atoms. The van der Waals surface area contributed by atoms with Crippen molar-refractivity contribution in [2.24, 2.45) is 5.92 Å². The monoisotopic (exact) mass is 409 g/mol. The van der Waals surface area contributed by atoms with E-state index in [0.717, 1.165) is 5.69 Å². The number of aromatic nitrogens is 6. The minimum Gasteiger partial charge on any atom is -0.294 e. The summed E-state index contributed by atoms with van der Waals surface area (Å²) in [6.45, 7) is 3.79. The van der Waals surface area contributed by atoms with E-state index in [4.69, 9.17) is 0 Å². The lowest BCUT2D eigenvalue weighted by Crippen LogP contribution is -2.24. The highest BCUT2D eigenvalue weighted by Crippen LogP contribution is 2.26. The number of benzene rings is 1. The number of carbonyl (C=O) groups excluding carboxylic acids is 2. The van der Waals surface area contributed by atoms with Crippen molar-refractivity contribution in [3.8, 4) is 5.69 Å². The van der Waals surface area contributed by atoms with Gasteiger partial charge in [0, 0.05) is 6.42 Å². The molecule has 1 N–H and O–H groups in total. The predicted molar refractivity (Wildman–Crippen MR) is 107 cm³/mol. The first-order valence-electron chi connectivity index (χ1n) is 9.18. The largest absolute Gasteiger partial charge is 0.294 e. The van der Waals surface area contributed by atoms with E-state index in [9.17, 15) is 9.59 Å². The first-order valence-corrected chi connectivity index (χ1v) is 10.2. The summed E-state index contributed by atoms with van der Waals surface area (Å²) in [5.74, 6) is 0.350. The van der Waals surface area contributed by atoms with Crippen LogP contribution in [0.5, 0.6) is 0 Å². The highest BCUT2D eigenvalue weighted by atomic mass is 32.2. The zero-order chi connectivity index (χ0) is 20.4. The molecule has 29 heavy (non-hydrogen) atoms. The van der Waals surface area contributed by atoms with Crippen LogP contribution < -0.4 is 5.32 Å². The van der Waals surface area contributed by atoms with Gasteiger partial charge in [-0.1, -0.05) is 36.9 Å². The Morgan fingerprint density at radius 1 is 1.24 bits per heavy atom. The Labute approximate surface area is 171 Å². The van der Waals surface area contributed by atoms with Gasteiger partial charge in [0.25, 0.3) is 0 Å². The number of thioether (sulfide) groups is 1. The molecular weight excluding hydrogens is 390 g/mol. The van der Waals surface area contributed by atoms with Crippen molar-refractivity contribution >= 4 is 29.4 Å². The quantitative estimate of drug-likeness (QED) is 0.638. The first kappa shape index (κ1) is 19.2. The molecule has 0 saturated heterocycles. The topological polar surface area (TPSA) is 116 Å². The standard InChI is InChI=1S/C19H19N7O2S/c1-11-8-14-17(15(27)9-11)12(2)20-18(21-14)22-16(28)10-29-19-23-24-25-26(19)13-6-4-3-5-7-13/h3-7,11H,8-10H2,1-2H3,(H,20,21,22,28). The molecule has 2 aromatic heterocycles. The van der Waals surface area contributed by atoms with Crippen LogP contribution in [0, 0.1) is 12.8 Å². The SMILES string of the molecule is Cc1nc(NC(=O)CSc2nnnn2-c2ccccc2)nc2c1C(=O)CC(C)C2. The highest BCUT2D eigenvalue weighted by molar-refractivity contribution is 7.99. The molecular formula is C19H19N7O2S. The number of aryl methyl sites for hydroxylation is 1. The molecule has 1 amide bonds. The number of nitrogens with zero attached hydrogens (tertiary/aromatic N) is 6. The third-order valence-electron chi connectivity index (χ3n) is 4.54. The summed E-state index contributed by atoms with van der Waals surface area (Å²) < 4.78 is 1.57. The number of hydrogen-bond donors (Lipinski definition) is 1. The molecule has 0 fully saturated rings. The van der Waals surface area contributed by atoms with E-state index in [1.54, 1.807) is 11.6 Å². The number of nitrogens with one attached hydrogen (secondary N) is 1. The van der Waals surface area contributed by atoms with Gasteiger partial charge in [0.2, 0.25) is 17.0 Å². The van der Waals surface area contributed by atoms with Gasteiger partial charge in [-0.05, 0) is 41.8 Å². The molecule has 148 valence electrons. The zero-order valence-electron chi connectivity index (χ0n) is 16.0. The summed E-state index contributed by atoms with van der Waals surface area (Å²) in [7, 11) is 0. The van der Waals surface area contributed by atoms with Gasteiger partial charge >= 0.3 is 0 Å². The molecule has 2 heterocycles. The lowest BCUT2D eigenvalue weighted by Gasteiger charge is -2.21. The van der Waals surface area contributed by atoms with Gasteiger partial charge < -0.3 is 0 Å². The lowest BCUT2D eigenvalue weighted by molar-refractivity contribution is -0.113. The van der Waals surface area contributed by atoms with Gasteiger partial charge in [-0.25, -0.2) is 9.97 Å². The summed E-state index contributed by atoms with van der Waals surface area (Å²) in [6, 6.07) is 9.45. The van der Waals surface area contributed by atoms with Gasteiger partial charge in [-0.15, -0.1) is 5.10 Å². The number of tetrazole rings is 1. The Hall–Kier alpha value is -3.14. The summed E-state index contributed by atoms with van der Waals surface area (Å²) in [5, 5.41) is 14.9. The second kappa shape index (κ2) is 8.08. The summed E-state index contributed by atoms with van der Waals surface area (Å²) in [4.78, 5) is 33.3.